The highest BCUT2D eigenvalue weighted by Crippen LogP contribution is 2.55. The van der Waals surface area contributed by atoms with E-state index in [4.69, 9.17) is 17.0 Å². The molecule has 1 aromatic rings. The molecule has 4 unspecified atom stereocenters. The van der Waals surface area contributed by atoms with Gasteiger partial charge < -0.3 is 5.41 Å². The summed E-state index contributed by atoms with van der Waals surface area (Å²) in [4.78, 5) is 0. The van der Waals surface area contributed by atoms with E-state index in [9.17, 15) is 15.8 Å². The van der Waals surface area contributed by atoms with Crippen molar-refractivity contribution in [3.8, 4) is 18.2 Å². The highest BCUT2D eigenvalue weighted by molar-refractivity contribution is 6.31. The van der Waals surface area contributed by atoms with E-state index in [2.05, 4.69) is 13.0 Å². The minimum atomic E-state index is -1.64. The zero-order chi connectivity index (χ0) is 18.2. The predicted octanol–water partition coefficient (Wildman–Crippen LogP) is 4.60. The van der Waals surface area contributed by atoms with E-state index < -0.39 is 11.3 Å². The summed E-state index contributed by atoms with van der Waals surface area (Å²) in [5.74, 6) is -0.899. The maximum atomic E-state index is 9.79. The molecule has 0 amide bonds. The Morgan fingerprint density at radius 3 is 2.48 bits per heavy atom. The number of benzene rings is 1. The van der Waals surface area contributed by atoms with Crippen LogP contribution in [0.15, 0.2) is 35.9 Å². The molecule has 3 rings (SSSR count). The molecule has 2 aliphatic carbocycles. The number of nitrogens with one attached hydrogen (secondary N) is 1. The molecule has 0 aliphatic heterocycles. The van der Waals surface area contributed by atoms with Gasteiger partial charge in [0.15, 0.2) is 0 Å². The molecule has 1 fully saturated rings. The highest BCUT2D eigenvalue weighted by atomic mass is 35.5. The molecule has 0 spiro atoms. The standard InChI is InChI=1S/C20H17ClN4/c1-12-6-7-16-14(8-12)18(13-4-2-3-5-17(13)21)15(9-22)19(25)20(16,10-23)11-24/h2-5,7,12,14-15,18,25H,6,8H2,1H3. The summed E-state index contributed by atoms with van der Waals surface area (Å²) < 4.78 is 0. The molecule has 0 bridgehead atoms. The van der Waals surface area contributed by atoms with E-state index in [1.165, 1.54) is 0 Å². The highest BCUT2D eigenvalue weighted by Gasteiger charge is 2.56. The van der Waals surface area contributed by atoms with Crippen molar-refractivity contribution in [1.29, 1.82) is 21.2 Å². The van der Waals surface area contributed by atoms with Crippen LogP contribution in [0.1, 0.15) is 31.2 Å². The first-order valence-electron chi connectivity index (χ1n) is 8.26. The average Bonchev–Trinajstić information content (AvgIpc) is 2.62. The Balaban J connectivity index is 2.26. The fraction of sp³-hybridized carbons (Fsp3) is 0.400. The lowest BCUT2D eigenvalue weighted by Gasteiger charge is -2.46. The summed E-state index contributed by atoms with van der Waals surface area (Å²) in [6, 6.07) is 13.6. The number of nitriles is 3. The minimum absolute atomic E-state index is 0.123. The van der Waals surface area contributed by atoms with E-state index in [-0.39, 0.29) is 17.5 Å². The van der Waals surface area contributed by atoms with Gasteiger partial charge in [0.1, 0.15) is 0 Å². The third kappa shape index (κ3) is 2.44. The second-order valence-electron chi connectivity index (χ2n) is 6.88. The van der Waals surface area contributed by atoms with Crippen molar-refractivity contribution in [3.63, 3.8) is 0 Å². The van der Waals surface area contributed by atoms with Gasteiger partial charge in [-0.3, -0.25) is 0 Å². The topological polar surface area (TPSA) is 95.2 Å². The number of halogens is 1. The van der Waals surface area contributed by atoms with Crippen LogP contribution in [0.2, 0.25) is 5.02 Å². The summed E-state index contributed by atoms with van der Waals surface area (Å²) in [5.41, 5.74) is -0.267. The third-order valence-electron chi connectivity index (χ3n) is 5.48. The molecule has 0 heterocycles. The Bertz CT molecular complexity index is 866. The maximum absolute atomic E-state index is 9.79. The van der Waals surface area contributed by atoms with E-state index in [1.54, 1.807) is 6.07 Å². The molecule has 25 heavy (non-hydrogen) atoms. The fourth-order valence-corrected chi connectivity index (χ4v) is 4.53. The Morgan fingerprint density at radius 1 is 1.20 bits per heavy atom. The van der Waals surface area contributed by atoms with Crippen LogP contribution in [-0.4, -0.2) is 5.71 Å². The number of hydrogen-bond donors (Lipinski definition) is 1. The van der Waals surface area contributed by atoms with Crippen LogP contribution in [0.3, 0.4) is 0 Å². The molecule has 0 saturated heterocycles. The maximum Gasteiger partial charge on any atom is 0.203 e. The summed E-state index contributed by atoms with van der Waals surface area (Å²) in [6.07, 6.45) is 3.49. The Labute approximate surface area is 152 Å². The zero-order valence-electron chi connectivity index (χ0n) is 13.8. The number of hydrogen-bond acceptors (Lipinski definition) is 4. The van der Waals surface area contributed by atoms with Crippen molar-refractivity contribution in [2.45, 2.75) is 25.7 Å². The third-order valence-corrected chi connectivity index (χ3v) is 5.82. The Morgan fingerprint density at radius 2 is 1.88 bits per heavy atom. The monoisotopic (exact) mass is 348 g/mol. The predicted molar refractivity (Wildman–Crippen MR) is 94.7 cm³/mol. The number of allylic oxidation sites excluding steroid dienone is 2. The summed E-state index contributed by atoms with van der Waals surface area (Å²) in [6.45, 7) is 2.12. The van der Waals surface area contributed by atoms with Crippen molar-refractivity contribution >= 4 is 17.3 Å². The average molecular weight is 349 g/mol. The van der Waals surface area contributed by atoms with Crippen LogP contribution in [0.25, 0.3) is 0 Å². The van der Waals surface area contributed by atoms with Crippen molar-refractivity contribution in [1.82, 2.24) is 0 Å². The first-order chi connectivity index (χ1) is 12.0. The quantitative estimate of drug-likeness (QED) is 0.751. The lowest BCUT2D eigenvalue weighted by molar-refractivity contribution is 0.299. The number of fused-ring (bicyclic) bond motifs is 1. The molecular formula is C20H17ClN4. The van der Waals surface area contributed by atoms with Crippen LogP contribution in [0.5, 0.6) is 0 Å². The van der Waals surface area contributed by atoms with Crippen molar-refractivity contribution in [3.05, 3.63) is 46.5 Å². The lowest BCUT2D eigenvalue weighted by atomic mass is 9.53. The smallest absolute Gasteiger partial charge is 0.203 e. The molecule has 1 N–H and O–H groups in total. The zero-order valence-corrected chi connectivity index (χ0v) is 14.6. The summed E-state index contributed by atoms with van der Waals surface area (Å²) in [7, 11) is 0. The van der Waals surface area contributed by atoms with Gasteiger partial charge in [0, 0.05) is 10.9 Å². The molecular weight excluding hydrogens is 332 g/mol. The van der Waals surface area contributed by atoms with E-state index >= 15 is 0 Å². The van der Waals surface area contributed by atoms with Crippen LogP contribution in [0, 0.1) is 62.6 Å². The van der Waals surface area contributed by atoms with Gasteiger partial charge in [-0.15, -0.1) is 0 Å². The number of nitrogens with zero attached hydrogens (tertiary/aromatic N) is 3. The van der Waals surface area contributed by atoms with Crippen LogP contribution >= 0.6 is 11.6 Å². The van der Waals surface area contributed by atoms with E-state index in [0.29, 0.717) is 16.5 Å². The fourth-order valence-electron chi connectivity index (χ4n) is 4.27. The van der Waals surface area contributed by atoms with E-state index in [1.807, 2.05) is 36.4 Å². The molecule has 0 radical (unpaired) electrons. The SMILES string of the molecule is CC1CC=C2C(C1)C(c1ccccc1Cl)C(C#N)C(=N)C2(C#N)C#N. The molecule has 4 atom stereocenters. The first-order valence-corrected chi connectivity index (χ1v) is 8.64. The Hall–Kier alpha value is -2.61. The van der Waals surface area contributed by atoms with Crippen molar-refractivity contribution < 1.29 is 0 Å². The molecule has 124 valence electrons. The Kier molecular flexibility index (Phi) is 4.38. The number of rotatable bonds is 1. The van der Waals surface area contributed by atoms with Gasteiger partial charge in [-0.05, 0) is 41.9 Å². The molecule has 0 aromatic heterocycles. The summed E-state index contributed by atoms with van der Waals surface area (Å²) >= 11 is 6.40. The van der Waals surface area contributed by atoms with Crippen LogP contribution < -0.4 is 0 Å². The van der Waals surface area contributed by atoms with Gasteiger partial charge in [-0.25, -0.2) is 0 Å². The van der Waals surface area contributed by atoms with Gasteiger partial charge in [0.25, 0.3) is 0 Å². The second-order valence-corrected chi connectivity index (χ2v) is 7.29. The summed E-state index contributed by atoms with van der Waals surface area (Å²) in [5, 5.41) is 38.4. The van der Waals surface area contributed by atoms with Gasteiger partial charge in [-0.2, -0.15) is 15.8 Å². The van der Waals surface area contributed by atoms with Gasteiger partial charge in [0.2, 0.25) is 5.41 Å². The lowest BCUT2D eigenvalue weighted by Crippen LogP contribution is -2.48. The van der Waals surface area contributed by atoms with E-state index in [0.717, 1.165) is 18.4 Å². The van der Waals surface area contributed by atoms with Crippen molar-refractivity contribution in [2.24, 2.45) is 23.2 Å². The molecule has 4 nitrogen and oxygen atoms in total. The normalized spacial score (nSPS) is 30.2. The molecule has 1 saturated carbocycles. The minimum Gasteiger partial charge on any atom is -0.305 e. The molecule has 5 heteroatoms. The van der Waals surface area contributed by atoms with Gasteiger partial charge >= 0.3 is 0 Å². The van der Waals surface area contributed by atoms with Crippen LogP contribution in [0.4, 0.5) is 0 Å². The van der Waals surface area contributed by atoms with Crippen LogP contribution in [-0.2, 0) is 0 Å². The van der Waals surface area contributed by atoms with Crippen molar-refractivity contribution in [2.75, 3.05) is 0 Å². The molecule has 1 aromatic carbocycles. The van der Waals surface area contributed by atoms with Gasteiger partial charge in [0.05, 0.1) is 29.8 Å². The second kappa shape index (κ2) is 6.36. The largest absolute Gasteiger partial charge is 0.305 e. The first kappa shape index (κ1) is 17.2. The molecule has 2 aliphatic rings. The van der Waals surface area contributed by atoms with Gasteiger partial charge in [-0.1, -0.05) is 42.8 Å².